The Labute approximate surface area is 114 Å². The second kappa shape index (κ2) is 7.33. The molecule has 0 aromatic rings. The van der Waals surface area contributed by atoms with Gasteiger partial charge in [-0.2, -0.15) is 0 Å². The maximum absolute atomic E-state index is 11.7. The molecule has 0 radical (unpaired) electrons. The molecule has 1 N–H and O–H groups in total. The summed E-state index contributed by atoms with van der Waals surface area (Å²) in [6.07, 6.45) is 0.908. The molecule has 0 unspecified atom stereocenters. The third kappa shape index (κ3) is 7.00. The van der Waals surface area contributed by atoms with Crippen molar-refractivity contribution in [2.75, 3.05) is 32.8 Å². The third-order valence-corrected chi connectivity index (χ3v) is 2.55. The lowest BCUT2D eigenvalue weighted by molar-refractivity contribution is -0.154. The summed E-state index contributed by atoms with van der Waals surface area (Å²) < 4.78 is 10.4. The molecule has 0 bridgehead atoms. The van der Waals surface area contributed by atoms with E-state index in [1.54, 1.807) is 4.90 Å². The maximum Gasteiger partial charge on any atom is 0.317 e. The van der Waals surface area contributed by atoms with Gasteiger partial charge in [-0.15, -0.1) is 0 Å². The Bertz CT molecular complexity index is 306. The highest BCUT2D eigenvalue weighted by atomic mass is 16.6. The van der Waals surface area contributed by atoms with Gasteiger partial charge in [0.05, 0.1) is 13.2 Å². The van der Waals surface area contributed by atoms with Crippen LogP contribution in [0.25, 0.3) is 0 Å². The highest BCUT2D eigenvalue weighted by Gasteiger charge is 2.17. The zero-order valence-corrected chi connectivity index (χ0v) is 12.0. The summed E-state index contributed by atoms with van der Waals surface area (Å²) >= 11 is 0. The van der Waals surface area contributed by atoms with Gasteiger partial charge in [-0.3, -0.25) is 4.79 Å². The molecule has 1 aliphatic rings. The van der Waals surface area contributed by atoms with Crippen LogP contribution in [-0.2, 0) is 14.3 Å². The topological polar surface area (TPSA) is 67.9 Å². The molecule has 19 heavy (non-hydrogen) atoms. The van der Waals surface area contributed by atoms with Crippen LogP contribution in [0.4, 0.5) is 4.79 Å². The monoisotopic (exact) mass is 272 g/mol. The van der Waals surface area contributed by atoms with Gasteiger partial charge in [0, 0.05) is 26.1 Å². The molecule has 0 spiro atoms. The van der Waals surface area contributed by atoms with E-state index in [9.17, 15) is 9.59 Å². The van der Waals surface area contributed by atoms with Crippen molar-refractivity contribution in [2.45, 2.75) is 39.2 Å². The van der Waals surface area contributed by atoms with Crippen molar-refractivity contribution < 1.29 is 19.1 Å². The van der Waals surface area contributed by atoms with E-state index in [0.29, 0.717) is 45.7 Å². The fourth-order valence-corrected chi connectivity index (χ4v) is 1.70. The molecule has 1 rings (SSSR count). The third-order valence-electron chi connectivity index (χ3n) is 2.55. The van der Waals surface area contributed by atoms with E-state index in [2.05, 4.69) is 5.32 Å². The Morgan fingerprint density at radius 3 is 2.47 bits per heavy atom. The Morgan fingerprint density at radius 2 is 1.89 bits per heavy atom. The summed E-state index contributed by atoms with van der Waals surface area (Å²) in [5.41, 5.74) is -0.450. The summed E-state index contributed by atoms with van der Waals surface area (Å²) in [4.78, 5) is 24.9. The van der Waals surface area contributed by atoms with Crippen molar-refractivity contribution >= 4 is 12.0 Å². The molecule has 0 aliphatic carbocycles. The van der Waals surface area contributed by atoms with Crippen LogP contribution in [0, 0.1) is 0 Å². The first-order valence-electron chi connectivity index (χ1n) is 6.71. The normalized spacial score (nSPS) is 16.1. The van der Waals surface area contributed by atoms with Crippen molar-refractivity contribution in [3.05, 3.63) is 0 Å². The van der Waals surface area contributed by atoms with Gasteiger partial charge in [-0.05, 0) is 27.2 Å². The van der Waals surface area contributed by atoms with Gasteiger partial charge in [0.1, 0.15) is 5.60 Å². The van der Waals surface area contributed by atoms with Crippen molar-refractivity contribution in [1.29, 1.82) is 0 Å². The summed E-state index contributed by atoms with van der Waals surface area (Å²) in [6.45, 7) is 8.42. The van der Waals surface area contributed by atoms with E-state index in [-0.39, 0.29) is 12.0 Å². The number of nitrogens with zero attached hydrogens (tertiary/aromatic N) is 1. The average Bonchev–Trinajstić information content (AvgIpc) is 2.33. The number of nitrogens with one attached hydrogen (secondary N) is 1. The van der Waals surface area contributed by atoms with Crippen LogP contribution in [0.3, 0.4) is 0 Å². The Kier molecular flexibility index (Phi) is 6.08. The molecule has 0 saturated carbocycles. The molecule has 0 aromatic heterocycles. The van der Waals surface area contributed by atoms with Crippen molar-refractivity contribution in [2.24, 2.45) is 0 Å². The van der Waals surface area contributed by atoms with Gasteiger partial charge in [0.25, 0.3) is 0 Å². The number of amides is 2. The summed E-state index contributed by atoms with van der Waals surface area (Å²) in [7, 11) is 0. The molecule has 6 heteroatoms. The van der Waals surface area contributed by atoms with Crippen molar-refractivity contribution in [1.82, 2.24) is 10.2 Å². The zero-order chi connectivity index (χ0) is 14.3. The predicted octanol–water partition coefficient (Wildman–Crippen LogP) is 1.15. The molecule has 0 atom stereocenters. The first kappa shape index (κ1) is 15.8. The highest BCUT2D eigenvalue weighted by Crippen LogP contribution is 2.08. The second-order valence-corrected chi connectivity index (χ2v) is 5.52. The fraction of sp³-hybridized carbons (Fsp3) is 0.846. The van der Waals surface area contributed by atoms with Crippen LogP contribution in [0.15, 0.2) is 0 Å². The van der Waals surface area contributed by atoms with E-state index < -0.39 is 5.60 Å². The largest absolute Gasteiger partial charge is 0.460 e. The first-order valence-corrected chi connectivity index (χ1v) is 6.71. The maximum atomic E-state index is 11.7. The smallest absolute Gasteiger partial charge is 0.317 e. The molecule has 1 saturated heterocycles. The molecular formula is C13H24N2O4. The number of esters is 1. The van der Waals surface area contributed by atoms with Crippen molar-refractivity contribution in [3.8, 4) is 0 Å². The number of morpholine rings is 1. The van der Waals surface area contributed by atoms with Gasteiger partial charge in [0.15, 0.2) is 0 Å². The number of ether oxygens (including phenoxy) is 2. The molecule has 6 nitrogen and oxygen atoms in total. The molecule has 2 amide bonds. The van der Waals surface area contributed by atoms with E-state index in [4.69, 9.17) is 9.47 Å². The number of hydrogen-bond donors (Lipinski definition) is 1. The Balaban J connectivity index is 2.10. The van der Waals surface area contributed by atoms with E-state index in [0.717, 1.165) is 0 Å². The predicted molar refractivity (Wildman–Crippen MR) is 70.9 cm³/mol. The van der Waals surface area contributed by atoms with Crippen LogP contribution < -0.4 is 5.32 Å². The number of urea groups is 1. The number of rotatable bonds is 4. The summed E-state index contributed by atoms with van der Waals surface area (Å²) in [6, 6.07) is -0.0903. The molecular weight excluding hydrogens is 248 g/mol. The number of carbonyl (C=O) groups is 2. The minimum absolute atomic E-state index is 0.0903. The SMILES string of the molecule is CC(C)(C)OC(=O)CCCNC(=O)N1CCOCC1. The number of carbonyl (C=O) groups excluding carboxylic acids is 2. The van der Waals surface area contributed by atoms with Crippen LogP contribution in [0.1, 0.15) is 33.6 Å². The average molecular weight is 272 g/mol. The van der Waals surface area contributed by atoms with Gasteiger partial charge in [-0.25, -0.2) is 4.79 Å². The molecule has 1 heterocycles. The van der Waals surface area contributed by atoms with Gasteiger partial charge >= 0.3 is 12.0 Å². The van der Waals surface area contributed by atoms with Crippen LogP contribution in [0.5, 0.6) is 0 Å². The summed E-state index contributed by atoms with van der Waals surface area (Å²) in [5, 5.41) is 2.79. The Hall–Kier alpha value is -1.30. The van der Waals surface area contributed by atoms with Crippen LogP contribution in [0.2, 0.25) is 0 Å². The van der Waals surface area contributed by atoms with Crippen LogP contribution >= 0.6 is 0 Å². The van der Waals surface area contributed by atoms with Crippen molar-refractivity contribution in [3.63, 3.8) is 0 Å². The second-order valence-electron chi connectivity index (χ2n) is 5.52. The minimum atomic E-state index is -0.450. The van der Waals surface area contributed by atoms with Gasteiger partial charge in [0.2, 0.25) is 0 Å². The molecule has 0 aromatic carbocycles. The van der Waals surface area contributed by atoms with E-state index >= 15 is 0 Å². The molecule has 1 aliphatic heterocycles. The number of hydrogen-bond acceptors (Lipinski definition) is 4. The first-order chi connectivity index (χ1) is 8.88. The summed E-state index contributed by atoms with van der Waals surface area (Å²) in [5.74, 6) is -0.229. The fourth-order valence-electron chi connectivity index (χ4n) is 1.70. The van der Waals surface area contributed by atoms with Gasteiger partial charge < -0.3 is 19.7 Å². The molecule has 110 valence electrons. The molecule has 1 fully saturated rings. The lowest BCUT2D eigenvalue weighted by Crippen LogP contribution is -2.46. The minimum Gasteiger partial charge on any atom is -0.460 e. The standard InChI is InChI=1S/C13H24N2O4/c1-13(2,3)19-11(16)5-4-6-14-12(17)15-7-9-18-10-8-15/h4-10H2,1-3H3,(H,14,17). The quantitative estimate of drug-likeness (QED) is 0.616. The highest BCUT2D eigenvalue weighted by molar-refractivity contribution is 5.74. The van der Waals surface area contributed by atoms with Gasteiger partial charge in [-0.1, -0.05) is 0 Å². The lowest BCUT2D eigenvalue weighted by Gasteiger charge is -2.26. The lowest BCUT2D eigenvalue weighted by atomic mass is 10.2. The Morgan fingerprint density at radius 1 is 1.26 bits per heavy atom. The van der Waals surface area contributed by atoms with Crippen LogP contribution in [-0.4, -0.2) is 55.3 Å². The van der Waals surface area contributed by atoms with E-state index in [1.807, 2.05) is 20.8 Å². The van der Waals surface area contributed by atoms with E-state index in [1.165, 1.54) is 0 Å². The zero-order valence-electron chi connectivity index (χ0n) is 12.0.